The molecule has 2 rings (SSSR count). The SMILES string of the molecule is CCCC(=O)N(Cc1ccccc1F)[C@@H](Cc1ccccc1)C(=O)N[C@H](C)CC. The van der Waals surface area contributed by atoms with Crippen LogP contribution in [0, 0.1) is 5.82 Å². The molecule has 0 saturated carbocycles. The standard InChI is InChI=1S/C24H31FN2O2/c1-4-11-23(28)27(17-20-14-9-10-15-21(20)25)22(24(29)26-18(3)5-2)16-19-12-7-6-8-13-19/h6-10,12-15,18,22H,4-5,11,16-17H2,1-3H3,(H,26,29)/t18-,22+/m1/s1. The number of nitrogens with one attached hydrogen (secondary N) is 1. The number of hydrogen-bond donors (Lipinski definition) is 1. The van der Waals surface area contributed by atoms with Crippen molar-refractivity contribution < 1.29 is 14.0 Å². The van der Waals surface area contributed by atoms with Gasteiger partial charge in [-0.15, -0.1) is 0 Å². The smallest absolute Gasteiger partial charge is 0.243 e. The van der Waals surface area contributed by atoms with Crippen molar-refractivity contribution in [1.82, 2.24) is 10.2 Å². The van der Waals surface area contributed by atoms with Crippen LogP contribution in [0.1, 0.15) is 51.2 Å². The minimum atomic E-state index is -0.704. The largest absolute Gasteiger partial charge is 0.352 e. The molecule has 5 heteroatoms. The van der Waals surface area contributed by atoms with Crippen molar-refractivity contribution >= 4 is 11.8 Å². The molecule has 2 amide bonds. The lowest BCUT2D eigenvalue weighted by atomic mass is 10.0. The highest BCUT2D eigenvalue weighted by Gasteiger charge is 2.30. The Labute approximate surface area is 173 Å². The minimum Gasteiger partial charge on any atom is -0.352 e. The van der Waals surface area contributed by atoms with Crippen LogP contribution in [0.3, 0.4) is 0 Å². The third-order valence-corrected chi connectivity index (χ3v) is 5.03. The van der Waals surface area contributed by atoms with E-state index in [2.05, 4.69) is 5.32 Å². The second-order valence-electron chi connectivity index (χ2n) is 7.39. The summed E-state index contributed by atoms with van der Waals surface area (Å²) in [6.07, 6.45) is 2.15. The van der Waals surface area contributed by atoms with Crippen LogP contribution in [0.25, 0.3) is 0 Å². The Morgan fingerprint density at radius 1 is 1.03 bits per heavy atom. The van der Waals surface area contributed by atoms with Crippen molar-refractivity contribution in [2.24, 2.45) is 0 Å². The zero-order valence-corrected chi connectivity index (χ0v) is 17.5. The quantitative estimate of drug-likeness (QED) is 0.641. The Bertz CT molecular complexity index is 794. The maximum Gasteiger partial charge on any atom is 0.243 e. The summed E-state index contributed by atoms with van der Waals surface area (Å²) in [4.78, 5) is 27.7. The lowest BCUT2D eigenvalue weighted by Gasteiger charge is -2.32. The van der Waals surface area contributed by atoms with Crippen LogP contribution in [-0.2, 0) is 22.6 Å². The molecule has 2 aromatic carbocycles. The fourth-order valence-corrected chi connectivity index (χ4v) is 3.16. The highest BCUT2D eigenvalue weighted by atomic mass is 19.1. The molecule has 0 fully saturated rings. The highest BCUT2D eigenvalue weighted by Crippen LogP contribution is 2.18. The van der Waals surface area contributed by atoms with E-state index in [1.807, 2.05) is 51.1 Å². The molecule has 0 aliphatic heterocycles. The Balaban J connectivity index is 2.39. The molecule has 1 N–H and O–H groups in total. The molecule has 0 heterocycles. The average molecular weight is 399 g/mol. The van der Waals surface area contributed by atoms with Crippen LogP contribution < -0.4 is 5.32 Å². The molecule has 0 aliphatic carbocycles. The van der Waals surface area contributed by atoms with Gasteiger partial charge in [0, 0.05) is 31.0 Å². The van der Waals surface area contributed by atoms with E-state index in [9.17, 15) is 14.0 Å². The molecule has 0 unspecified atom stereocenters. The number of benzene rings is 2. The second kappa shape index (κ2) is 11.3. The average Bonchev–Trinajstić information content (AvgIpc) is 2.72. The Kier molecular flexibility index (Phi) is 8.84. The number of nitrogens with zero attached hydrogens (tertiary/aromatic N) is 1. The fraction of sp³-hybridized carbons (Fsp3) is 0.417. The van der Waals surface area contributed by atoms with E-state index in [0.29, 0.717) is 24.8 Å². The predicted molar refractivity (Wildman–Crippen MR) is 114 cm³/mol. The first-order chi connectivity index (χ1) is 14.0. The summed E-state index contributed by atoms with van der Waals surface area (Å²) < 4.78 is 14.3. The summed E-state index contributed by atoms with van der Waals surface area (Å²) >= 11 is 0. The summed E-state index contributed by atoms with van der Waals surface area (Å²) in [5.41, 5.74) is 1.37. The summed E-state index contributed by atoms with van der Waals surface area (Å²) in [6.45, 7) is 5.92. The third-order valence-electron chi connectivity index (χ3n) is 5.03. The van der Waals surface area contributed by atoms with Gasteiger partial charge in [-0.3, -0.25) is 9.59 Å². The monoisotopic (exact) mass is 398 g/mol. The number of halogens is 1. The van der Waals surface area contributed by atoms with Gasteiger partial charge >= 0.3 is 0 Å². The molecular formula is C24H31FN2O2. The molecule has 0 bridgehead atoms. The van der Waals surface area contributed by atoms with Crippen LogP contribution in [0.2, 0.25) is 0 Å². The van der Waals surface area contributed by atoms with Crippen molar-refractivity contribution in [2.45, 2.75) is 65.1 Å². The first-order valence-electron chi connectivity index (χ1n) is 10.3. The first kappa shape index (κ1) is 22.6. The van der Waals surface area contributed by atoms with Crippen LogP contribution >= 0.6 is 0 Å². The van der Waals surface area contributed by atoms with Gasteiger partial charge in [0.1, 0.15) is 11.9 Å². The van der Waals surface area contributed by atoms with Crippen molar-refractivity contribution in [2.75, 3.05) is 0 Å². The highest BCUT2D eigenvalue weighted by molar-refractivity contribution is 5.88. The number of hydrogen-bond acceptors (Lipinski definition) is 2. The van der Waals surface area contributed by atoms with Crippen LogP contribution in [-0.4, -0.2) is 28.8 Å². The van der Waals surface area contributed by atoms with Crippen LogP contribution in [0.4, 0.5) is 4.39 Å². The topological polar surface area (TPSA) is 49.4 Å². The molecule has 2 atom stereocenters. The molecule has 4 nitrogen and oxygen atoms in total. The van der Waals surface area contributed by atoms with E-state index < -0.39 is 6.04 Å². The van der Waals surface area contributed by atoms with E-state index in [1.54, 1.807) is 18.2 Å². The molecule has 0 aliphatic rings. The Morgan fingerprint density at radius 2 is 1.69 bits per heavy atom. The van der Waals surface area contributed by atoms with Crippen LogP contribution in [0.5, 0.6) is 0 Å². The number of carbonyl (C=O) groups is 2. The van der Waals surface area contributed by atoms with E-state index >= 15 is 0 Å². The van der Waals surface area contributed by atoms with Crippen molar-refractivity contribution in [3.63, 3.8) is 0 Å². The summed E-state index contributed by atoms with van der Waals surface area (Å²) in [6, 6.07) is 15.3. The first-order valence-corrected chi connectivity index (χ1v) is 10.3. The molecule has 29 heavy (non-hydrogen) atoms. The van der Waals surface area contributed by atoms with Gasteiger partial charge < -0.3 is 10.2 Å². The van der Waals surface area contributed by atoms with E-state index in [-0.39, 0.29) is 30.2 Å². The summed E-state index contributed by atoms with van der Waals surface area (Å²) in [5.74, 6) is -0.720. The fourth-order valence-electron chi connectivity index (χ4n) is 3.16. The van der Waals surface area contributed by atoms with E-state index in [1.165, 1.54) is 11.0 Å². The molecule has 0 saturated heterocycles. The maximum absolute atomic E-state index is 14.3. The second-order valence-corrected chi connectivity index (χ2v) is 7.39. The zero-order chi connectivity index (χ0) is 21.2. The van der Waals surface area contributed by atoms with Crippen molar-refractivity contribution in [1.29, 1.82) is 0 Å². The minimum absolute atomic E-state index is 0.00244. The van der Waals surface area contributed by atoms with Gasteiger partial charge in [-0.1, -0.05) is 62.4 Å². The summed E-state index contributed by atoms with van der Waals surface area (Å²) in [5, 5.41) is 3.00. The van der Waals surface area contributed by atoms with Crippen molar-refractivity contribution in [3.8, 4) is 0 Å². The lowest BCUT2D eigenvalue weighted by Crippen LogP contribution is -2.52. The van der Waals surface area contributed by atoms with Gasteiger partial charge in [0.05, 0.1) is 0 Å². The van der Waals surface area contributed by atoms with Crippen LogP contribution in [0.15, 0.2) is 54.6 Å². The predicted octanol–water partition coefficient (Wildman–Crippen LogP) is 4.48. The lowest BCUT2D eigenvalue weighted by molar-refractivity contribution is -0.141. The molecule has 156 valence electrons. The van der Waals surface area contributed by atoms with Gasteiger partial charge in [0.2, 0.25) is 11.8 Å². The summed E-state index contributed by atoms with van der Waals surface area (Å²) in [7, 11) is 0. The van der Waals surface area contributed by atoms with Crippen molar-refractivity contribution in [3.05, 3.63) is 71.5 Å². The van der Waals surface area contributed by atoms with E-state index in [0.717, 1.165) is 12.0 Å². The van der Waals surface area contributed by atoms with Gasteiger partial charge in [-0.05, 0) is 31.4 Å². The van der Waals surface area contributed by atoms with Gasteiger partial charge in [0.25, 0.3) is 0 Å². The maximum atomic E-state index is 14.3. The molecular weight excluding hydrogens is 367 g/mol. The third kappa shape index (κ3) is 6.70. The number of amides is 2. The number of carbonyl (C=O) groups excluding carboxylic acids is 2. The Hall–Kier alpha value is -2.69. The van der Waals surface area contributed by atoms with Gasteiger partial charge in [0.15, 0.2) is 0 Å². The molecule has 2 aromatic rings. The molecule has 0 aromatic heterocycles. The molecule has 0 radical (unpaired) electrons. The number of rotatable bonds is 10. The zero-order valence-electron chi connectivity index (χ0n) is 17.5. The van der Waals surface area contributed by atoms with E-state index in [4.69, 9.17) is 0 Å². The molecule has 0 spiro atoms. The van der Waals surface area contributed by atoms with Gasteiger partial charge in [-0.25, -0.2) is 4.39 Å². The van der Waals surface area contributed by atoms with Gasteiger partial charge in [-0.2, -0.15) is 0 Å². The normalized spacial score (nSPS) is 12.8. The Morgan fingerprint density at radius 3 is 2.31 bits per heavy atom.